The van der Waals surface area contributed by atoms with Gasteiger partial charge < -0.3 is 4.74 Å². The molecule has 1 aliphatic heterocycles. The van der Waals surface area contributed by atoms with Crippen molar-refractivity contribution in [2.24, 2.45) is 4.40 Å². The number of ether oxygens (including phenoxy) is 1. The van der Waals surface area contributed by atoms with Gasteiger partial charge in [0.05, 0.1) is 9.80 Å². The first-order valence-corrected chi connectivity index (χ1v) is 10.9. The number of nitrogens with zero attached hydrogens (tertiary/aromatic N) is 2. The Morgan fingerprint density at radius 3 is 2.36 bits per heavy atom. The van der Waals surface area contributed by atoms with Crippen molar-refractivity contribution >= 4 is 38.9 Å². The zero-order valence-corrected chi connectivity index (χ0v) is 16.9. The first kappa shape index (κ1) is 20.3. The Bertz CT molecular complexity index is 987. The fourth-order valence-electron chi connectivity index (χ4n) is 2.59. The van der Waals surface area contributed by atoms with E-state index in [0.29, 0.717) is 24.5 Å². The lowest BCUT2D eigenvalue weighted by Gasteiger charge is -2.15. The molecule has 0 aromatic heterocycles. The van der Waals surface area contributed by atoms with Gasteiger partial charge in [0.15, 0.2) is 5.17 Å². The monoisotopic (exact) mass is 416 g/mol. The fourth-order valence-corrected chi connectivity index (χ4v) is 4.82. The summed E-state index contributed by atoms with van der Waals surface area (Å²) in [6.07, 6.45) is 2.32. The third-order valence-electron chi connectivity index (χ3n) is 3.95. The first-order valence-electron chi connectivity index (χ1n) is 8.67. The largest absolute Gasteiger partial charge is 0.385 e. The number of carbonyl (C=O) groups is 1. The third kappa shape index (κ3) is 4.89. The molecule has 0 bridgehead atoms. The van der Waals surface area contributed by atoms with Crippen LogP contribution in [0.4, 0.5) is 0 Å². The van der Waals surface area contributed by atoms with Gasteiger partial charge in [0.2, 0.25) is 0 Å². The average molecular weight is 417 g/mol. The van der Waals surface area contributed by atoms with Crippen LogP contribution >= 0.6 is 11.8 Å². The number of hydrogen-bond acceptors (Lipinski definition) is 5. The molecule has 0 unspecified atom stereocenters. The van der Waals surface area contributed by atoms with Crippen LogP contribution in [0.15, 0.2) is 74.9 Å². The van der Waals surface area contributed by atoms with E-state index in [2.05, 4.69) is 4.40 Å². The van der Waals surface area contributed by atoms with E-state index in [4.69, 9.17) is 4.74 Å². The molecule has 28 heavy (non-hydrogen) atoms. The minimum atomic E-state index is -3.91. The van der Waals surface area contributed by atoms with Gasteiger partial charge in [-0.3, -0.25) is 9.69 Å². The number of benzene rings is 2. The average Bonchev–Trinajstić information content (AvgIpc) is 2.98. The van der Waals surface area contributed by atoms with E-state index in [-0.39, 0.29) is 16.0 Å². The number of amidine groups is 1. The van der Waals surface area contributed by atoms with Gasteiger partial charge in [0.1, 0.15) is 0 Å². The molecular weight excluding hydrogens is 396 g/mol. The smallest absolute Gasteiger partial charge is 0.284 e. The Labute approximate surface area is 169 Å². The van der Waals surface area contributed by atoms with Crippen molar-refractivity contribution in [1.82, 2.24) is 4.90 Å². The summed E-state index contributed by atoms with van der Waals surface area (Å²) >= 11 is 1.07. The summed E-state index contributed by atoms with van der Waals surface area (Å²) < 4.78 is 34.3. The highest BCUT2D eigenvalue weighted by atomic mass is 32.2. The Morgan fingerprint density at radius 1 is 1.07 bits per heavy atom. The van der Waals surface area contributed by atoms with Gasteiger partial charge in [-0.25, -0.2) is 0 Å². The van der Waals surface area contributed by atoms with E-state index >= 15 is 0 Å². The van der Waals surface area contributed by atoms with E-state index < -0.39 is 10.0 Å². The molecule has 0 radical (unpaired) electrons. The number of rotatable bonds is 7. The Morgan fingerprint density at radius 2 is 1.71 bits per heavy atom. The first-order chi connectivity index (χ1) is 13.5. The lowest BCUT2D eigenvalue weighted by Crippen LogP contribution is -2.31. The van der Waals surface area contributed by atoms with Crippen LogP contribution in [0.2, 0.25) is 0 Å². The summed E-state index contributed by atoms with van der Waals surface area (Å²) in [5, 5.41) is 0.159. The quantitative estimate of drug-likeness (QED) is 0.511. The topological polar surface area (TPSA) is 76.0 Å². The molecular formula is C20H20N2O4S2. The lowest BCUT2D eigenvalue weighted by atomic mass is 10.2. The summed E-state index contributed by atoms with van der Waals surface area (Å²) in [5.74, 6) is -0.257. The summed E-state index contributed by atoms with van der Waals surface area (Å²) in [6.45, 7) is 0.792. The third-order valence-corrected chi connectivity index (χ3v) is 6.36. The van der Waals surface area contributed by atoms with Crippen LogP contribution in [-0.4, -0.2) is 44.7 Å². The number of amides is 1. The summed E-state index contributed by atoms with van der Waals surface area (Å²) in [5.41, 5.74) is 0.863. The lowest BCUT2D eigenvalue weighted by molar-refractivity contribution is -0.122. The normalized spacial score (nSPS) is 17.6. The van der Waals surface area contributed by atoms with Gasteiger partial charge in [-0.05, 0) is 42.0 Å². The van der Waals surface area contributed by atoms with Crippen LogP contribution in [0.1, 0.15) is 12.0 Å². The highest BCUT2D eigenvalue weighted by Gasteiger charge is 2.34. The molecule has 6 nitrogen and oxygen atoms in total. The molecule has 2 aromatic carbocycles. The molecule has 0 N–H and O–H groups in total. The number of methoxy groups -OCH3 is 1. The zero-order chi connectivity index (χ0) is 20.0. The van der Waals surface area contributed by atoms with Gasteiger partial charge >= 0.3 is 0 Å². The van der Waals surface area contributed by atoms with E-state index in [1.165, 1.54) is 17.0 Å². The van der Waals surface area contributed by atoms with Gasteiger partial charge in [0.25, 0.3) is 15.9 Å². The maximum absolute atomic E-state index is 12.9. The minimum Gasteiger partial charge on any atom is -0.385 e. The molecule has 1 fully saturated rings. The zero-order valence-electron chi connectivity index (χ0n) is 15.3. The molecule has 1 amide bonds. The molecule has 1 aliphatic rings. The highest BCUT2D eigenvalue weighted by molar-refractivity contribution is 8.19. The summed E-state index contributed by atoms with van der Waals surface area (Å²) in [7, 11) is -2.33. The minimum absolute atomic E-state index is 0.0906. The van der Waals surface area contributed by atoms with Crippen molar-refractivity contribution in [3.63, 3.8) is 0 Å². The van der Waals surface area contributed by atoms with Crippen molar-refractivity contribution in [2.75, 3.05) is 20.3 Å². The fraction of sp³-hybridized carbons (Fsp3) is 0.200. The van der Waals surface area contributed by atoms with Gasteiger partial charge in [-0.15, -0.1) is 4.40 Å². The van der Waals surface area contributed by atoms with Gasteiger partial charge in [-0.2, -0.15) is 8.42 Å². The molecule has 1 saturated heterocycles. The molecule has 8 heteroatoms. The molecule has 146 valence electrons. The molecule has 0 saturated carbocycles. The second-order valence-corrected chi connectivity index (χ2v) is 8.60. The predicted octanol–water partition coefficient (Wildman–Crippen LogP) is 3.38. The number of hydrogen-bond donors (Lipinski definition) is 0. The highest BCUT2D eigenvalue weighted by Crippen LogP contribution is 2.33. The van der Waals surface area contributed by atoms with Crippen LogP contribution in [0.25, 0.3) is 6.08 Å². The number of sulfonamides is 1. The van der Waals surface area contributed by atoms with Crippen molar-refractivity contribution in [1.29, 1.82) is 0 Å². The Hall–Kier alpha value is -2.42. The molecule has 1 heterocycles. The van der Waals surface area contributed by atoms with E-state index in [1.807, 2.05) is 30.3 Å². The van der Waals surface area contributed by atoms with Crippen molar-refractivity contribution < 1.29 is 17.9 Å². The van der Waals surface area contributed by atoms with Crippen LogP contribution < -0.4 is 0 Å². The van der Waals surface area contributed by atoms with Crippen molar-refractivity contribution in [3.8, 4) is 0 Å². The second kappa shape index (κ2) is 9.18. The molecule has 2 aromatic rings. The SMILES string of the molecule is COCCCN1C(=O)/C(=C/c2ccccc2)SC1=NS(=O)(=O)c1ccccc1. The molecule has 0 aliphatic carbocycles. The van der Waals surface area contributed by atoms with Crippen LogP contribution in [-0.2, 0) is 19.6 Å². The summed E-state index contributed by atoms with van der Waals surface area (Å²) in [4.78, 5) is 14.8. The van der Waals surface area contributed by atoms with Crippen LogP contribution in [0, 0.1) is 0 Å². The van der Waals surface area contributed by atoms with Gasteiger partial charge in [-0.1, -0.05) is 48.5 Å². The van der Waals surface area contributed by atoms with Crippen LogP contribution in [0.3, 0.4) is 0 Å². The maximum Gasteiger partial charge on any atom is 0.284 e. The van der Waals surface area contributed by atoms with E-state index in [9.17, 15) is 13.2 Å². The Kier molecular flexibility index (Phi) is 6.66. The second-order valence-electron chi connectivity index (χ2n) is 5.99. The van der Waals surface area contributed by atoms with E-state index in [0.717, 1.165) is 17.3 Å². The van der Waals surface area contributed by atoms with Crippen molar-refractivity contribution in [3.05, 3.63) is 71.1 Å². The standard InChI is InChI=1S/C20H20N2O4S2/c1-26-14-8-13-22-19(23)18(15-16-9-4-2-5-10-16)27-20(22)21-28(24,25)17-11-6-3-7-12-17/h2-7,9-12,15H,8,13-14H2,1H3/b18-15-,21-20?. The predicted molar refractivity (Wildman–Crippen MR) is 111 cm³/mol. The summed E-state index contributed by atoms with van der Waals surface area (Å²) in [6, 6.07) is 17.4. The van der Waals surface area contributed by atoms with Crippen molar-refractivity contribution in [2.45, 2.75) is 11.3 Å². The Balaban J connectivity index is 1.95. The molecule has 0 atom stereocenters. The number of thioether (sulfide) groups is 1. The molecule has 3 rings (SSSR count). The number of carbonyl (C=O) groups excluding carboxylic acids is 1. The van der Waals surface area contributed by atoms with Gasteiger partial charge in [0, 0.05) is 20.3 Å². The van der Waals surface area contributed by atoms with Crippen LogP contribution in [0.5, 0.6) is 0 Å². The molecule has 0 spiro atoms. The van der Waals surface area contributed by atoms with E-state index in [1.54, 1.807) is 31.4 Å². The maximum atomic E-state index is 12.9.